The lowest BCUT2D eigenvalue weighted by atomic mass is 10.4. The molecule has 0 aromatic heterocycles. The minimum Gasteiger partial charge on any atom is -0.463 e. The Morgan fingerprint density at radius 3 is 1.70 bits per heavy atom. The van der Waals surface area contributed by atoms with Crippen LogP contribution in [0.25, 0.3) is 0 Å². The van der Waals surface area contributed by atoms with Crippen molar-refractivity contribution in [2.75, 3.05) is 19.0 Å². The molecule has 1 N–H and O–H groups in total. The van der Waals surface area contributed by atoms with Crippen molar-refractivity contribution in [2.24, 2.45) is 0 Å². The zero-order valence-electron chi connectivity index (χ0n) is 11.8. The lowest BCUT2D eigenvalue weighted by Crippen LogP contribution is -2.14. The summed E-state index contributed by atoms with van der Waals surface area (Å²) in [6, 6.07) is 0. The Balaban J connectivity index is 0. The predicted molar refractivity (Wildman–Crippen MR) is 73.6 cm³/mol. The molecule has 0 unspecified atom stereocenters. The molecule has 7 nitrogen and oxygen atoms in total. The minimum atomic E-state index is -4.05. The van der Waals surface area contributed by atoms with Crippen LogP contribution >= 0.6 is 0 Å². The number of carbonyl (C=O) groups is 2. The summed E-state index contributed by atoms with van der Waals surface area (Å²) in [5.74, 6) is -1.57. The van der Waals surface area contributed by atoms with Crippen molar-refractivity contribution in [1.82, 2.24) is 0 Å². The number of rotatable bonds is 6. The number of hydrogen-bond acceptors (Lipinski definition) is 6. The molecule has 0 heterocycles. The van der Waals surface area contributed by atoms with Gasteiger partial charge in [-0.3, -0.25) is 4.55 Å². The van der Waals surface area contributed by atoms with E-state index in [1.807, 2.05) is 0 Å². The van der Waals surface area contributed by atoms with Crippen molar-refractivity contribution in [1.29, 1.82) is 0 Å². The number of carbonyl (C=O) groups excluding carboxylic acids is 2. The maximum atomic E-state index is 10.6. The summed E-state index contributed by atoms with van der Waals surface area (Å²) in [4.78, 5) is 21.1. The Labute approximate surface area is 119 Å². The molecule has 0 bridgehead atoms. The van der Waals surface area contributed by atoms with Crippen LogP contribution in [0.4, 0.5) is 0 Å². The normalized spacial score (nSPS) is 9.80. The zero-order chi connectivity index (χ0) is 16.3. The van der Waals surface area contributed by atoms with Crippen molar-refractivity contribution < 1.29 is 32.0 Å². The molecule has 0 saturated carbocycles. The smallest absolute Gasteiger partial charge is 0.333 e. The van der Waals surface area contributed by atoms with Gasteiger partial charge in [-0.25, -0.2) is 9.59 Å². The van der Waals surface area contributed by atoms with Gasteiger partial charge in [-0.1, -0.05) is 13.2 Å². The van der Waals surface area contributed by atoms with E-state index in [0.29, 0.717) is 12.2 Å². The second kappa shape index (κ2) is 10.2. The van der Waals surface area contributed by atoms with Crippen molar-refractivity contribution in [3.63, 3.8) is 0 Å². The first-order valence-electron chi connectivity index (χ1n) is 5.61. The van der Waals surface area contributed by atoms with E-state index in [4.69, 9.17) is 4.55 Å². The highest BCUT2D eigenvalue weighted by molar-refractivity contribution is 7.85. The largest absolute Gasteiger partial charge is 0.463 e. The first-order valence-corrected chi connectivity index (χ1v) is 7.22. The molecular weight excluding hydrogens is 288 g/mol. The molecule has 20 heavy (non-hydrogen) atoms. The van der Waals surface area contributed by atoms with Gasteiger partial charge in [0.15, 0.2) is 0 Å². The summed E-state index contributed by atoms with van der Waals surface area (Å²) >= 11 is 0. The predicted octanol–water partition coefficient (Wildman–Crippen LogP) is 1.12. The second-order valence-corrected chi connectivity index (χ2v) is 5.28. The van der Waals surface area contributed by atoms with E-state index in [2.05, 4.69) is 22.6 Å². The summed E-state index contributed by atoms with van der Waals surface area (Å²) in [5.41, 5.74) is 0.636. The molecule has 0 rings (SSSR count). The molecule has 0 atom stereocenters. The first-order chi connectivity index (χ1) is 9.01. The van der Waals surface area contributed by atoms with Gasteiger partial charge in [0.2, 0.25) is 0 Å². The highest BCUT2D eigenvalue weighted by Gasteiger charge is 2.07. The fourth-order valence-corrected chi connectivity index (χ4v) is 0.911. The third-order valence-corrected chi connectivity index (χ3v) is 2.23. The molecule has 0 aliphatic rings. The van der Waals surface area contributed by atoms with E-state index >= 15 is 0 Å². The van der Waals surface area contributed by atoms with Crippen LogP contribution in [0.1, 0.15) is 20.8 Å². The molecule has 0 aliphatic carbocycles. The fraction of sp³-hybridized carbons (Fsp3) is 0.500. The maximum Gasteiger partial charge on any atom is 0.333 e. The molecule has 0 amide bonds. The Kier molecular flexibility index (Phi) is 10.5. The van der Waals surface area contributed by atoms with Gasteiger partial charge in [-0.2, -0.15) is 8.42 Å². The first kappa shape index (κ1) is 20.6. The third kappa shape index (κ3) is 14.4. The van der Waals surface area contributed by atoms with Crippen molar-refractivity contribution in [3.05, 3.63) is 24.3 Å². The Bertz CT molecular complexity index is 462. The van der Waals surface area contributed by atoms with Crippen LogP contribution in [-0.4, -0.2) is 43.9 Å². The lowest BCUT2D eigenvalue weighted by Gasteiger charge is -2.01. The van der Waals surface area contributed by atoms with Gasteiger partial charge in [0.05, 0.1) is 6.61 Å². The lowest BCUT2D eigenvalue weighted by molar-refractivity contribution is -0.139. The van der Waals surface area contributed by atoms with E-state index in [1.165, 1.54) is 6.92 Å². The van der Waals surface area contributed by atoms with Gasteiger partial charge in [0.1, 0.15) is 12.4 Å². The molecule has 0 spiro atoms. The molecule has 0 aromatic rings. The third-order valence-electron chi connectivity index (χ3n) is 1.55. The minimum absolute atomic E-state index is 0.185. The average molecular weight is 308 g/mol. The Morgan fingerprint density at radius 2 is 1.45 bits per heavy atom. The Morgan fingerprint density at radius 1 is 1.05 bits per heavy atom. The summed E-state index contributed by atoms with van der Waals surface area (Å²) in [6.45, 7) is 11.6. The number of hydrogen-bond donors (Lipinski definition) is 1. The van der Waals surface area contributed by atoms with Crippen LogP contribution in [0.5, 0.6) is 0 Å². The molecular formula is C12H20O7S. The average Bonchev–Trinajstić information content (AvgIpc) is 2.28. The summed E-state index contributed by atoms with van der Waals surface area (Å²) in [6.07, 6.45) is 0. The molecule has 116 valence electrons. The van der Waals surface area contributed by atoms with Crippen LogP contribution in [0.15, 0.2) is 24.3 Å². The fourth-order valence-electron chi connectivity index (χ4n) is 0.617. The van der Waals surface area contributed by atoms with Gasteiger partial charge in [-0.15, -0.1) is 0 Å². The molecule has 0 radical (unpaired) electrons. The van der Waals surface area contributed by atoms with Gasteiger partial charge >= 0.3 is 11.9 Å². The number of ether oxygens (including phenoxy) is 2. The van der Waals surface area contributed by atoms with Crippen molar-refractivity contribution >= 4 is 22.1 Å². The second-order valence-electron chi connectivity index (χ2n) is 3.70. The summed E-state index contributed by atoms with van der Waals surface area (Å²) < 4.78 is 37.4. The Hall–Kier alpha value is -1.67. The van der Waals surface area contributed by atoms with Gasteiger partial charge in [-0.05, 0) is 20.8 Å². The van der Waals surface area contributed by atoms with E-state index < -0.39 is 21.8 Å². The highest BCUT2D eigenvalue weighted by Crippen LogP contribution is 1.92. The molecule has 8 heteroatoms. The summed E-state index contributed by atoms with van der Waals surface area (Å²) in [5, 5.41) is 0. The van der Waals surface area contributed by atoms with Crippen LogP contribution < -0.4 is 0 Å². The molecule has 0 aliphatic heterocycles. The topological polar surface area (TPSA) is 107 Å². The van der Waals surface area contributed by atoms with Gasteiger partial charge in [0.25, 0.3) is 10.1 Å². The van der Waals surface area contributed by atoms with Crippen LogP contribution in [-0.2, 0) is 29.2 Å². The summed E-state index contributed by atoms with van der Waals surface area (Å²) in [7, 11) is -4.05. The molecule has 0 fully saturated rings. The van der Waals surface area contributed by atoms with E-state index in [9.17, 15) is 18.0 Å². The van der Waals surface area contributed by atoms with Crippen LogP contribution in [0.3, 0.4) is 0 Å². The van der Waals surface area contributed by atoms with E-state index in [0.717, 1.165) is 0 Å². The SMILES string of the molecule is C=C(C)C(=O)OCC.C=C(C)C(=O)OCCS(=O)(=O)O. The number of esters is 2. The highest BCUT2D eigenvalue weighted by atomic mass is 32.2. The van der Waals surface area contributed by atoms with E-state index in [1.54, 1.807) is 13.8 Å². The van der Waals surface area contributed by atoms with Gasteiger partial charge in [0, 0.05) is 11.1 Å². The zero-order valence-corrected chi connectivity index (χ0v) is 12.7. The van der Waals surface area contributed by atoms with E-state index in [-0.39, 0.29) is 18.1 Å². The van der Waals surface area contributed by atoms with Crippen LogP contribution in [0.2, 0.25) is 0 Å². The molecule has 0 aromatic carbocycles. The van der Waals surface area contributed by atoms with Crippen molar-refractivity contribution in [2.45, 2.75) is 20.8 Å². The standard InChI is InChI=1S/C6H10O5S.C6H10O2/c1-5(2)6(7)11-3-4-12(8,9)10;1-4-8-6(7)5(2)3/h1,3-4H2,2H3,(H,8,9,10);2,4H2,1,3H3. The monoisotopic (exact) mass is 308 g/mol. The van der Waals surface area contributed by atoms with Gasteiger partial charge < -0.3 is 9.47 Å². The van der Waals surface area contributed by atoms with Crippen LogP contribution in [0, 0.1) is 0 Å². The maximum absolute atomic E-state index is 10.6. The van der Waals surface area contributed by atoms with Crippen molar-refractivity contribution in [3.8, 4) is 0 Å². The molecule has 0 saturated heterocycles. The quantitative estimate of drug-likeness (QED) is 0.445.